The second-order valence-electron chi connectivity index (χ2n) is 3.31. The van der Waals surface area contributed by atoms with Gasteiger partial charge in [0.05, 0.1) is 6.42 Å². The molecule has 1 aromatic carbocycles. The predicted octanol–water partition coefficient (Wildman–Crippen LogP) is 2.57. The standard InChI is InChI=1S/C12H11BrO3/c1-2-10(14)12(16)7-11(15)8-3-5-9(13)6-4-8/h3-6H,2,7H2,1H3. The first-order valence-electron chi connectivity index (χ1n) is 4.89. The maximum absolute atomic E-state index is 11.6. The number of hydrogen-bond acceptors (Lipinski definition) is 3. The molecular formula is C12H11BrO3. The van der Waals surface area contributed by atoms with Crippen molar-refractivity contribution in [1.82, 2.24) is 0 Å². The summed E-state index contributed by atoms with van der Waals surface area (Å²) in [7, 11) is 0. The van der Waals surface area contributed by atoms with E-state index >= 15 is 0 Å². The van der Waals surface area contributed by atoms with E-state index in [2.05, 4.69) is 15.9 Å². The number of carbonyl (C=O) groups excluding carboxylic acids is 3. The highest BCUT2D eigenvalue weighted by Gasteiger charge is 2.16. The lowest BCUT2D eigenvalue weighted by Crippen LogP contribution is -2.17. The van der Waals surface area contributed by atoms with Crippen molar-refractivity contribution < 1.29 is 14.4 Å². The van der Waals surface area contributed by atoms with Crippen LogP contribution in [0.5, 0.6) is 0 Å². The van der Waals surface area contributed by atoms with E-state index in [1.165, 1.54) is 0 Å². The third-order valence-electron chi connectivity index (χ3n) is 2.12. The lowest BCUT2D eigenvalue weighted by Gasteiger charge is -1.99. The van der Waals surface area contributed by atoms with E-state index in [1.54, 1.807) is 31.2 Å². The van der Waals surface area contributed by atoms with Gasteiger partial charge in [0.1, 0.15) is 0 Å². The molecule has 16 heavy (non-hydrogen) atoms. The summed E-state index contributed by atoms with van der Waals surface area (Å²) in [5, 5.41) is 0. The average molecular weight is 283 g/mol. The molecule has 0 saturated heterocycles. The third kappa shape index (κ3) is 3.38. The Morgan fingerprint density at radius 2 is 1.62 bits per heavy atom. The molecule has 1 rings (SSSR count). The normalized spacial score (nSPS) is 9.88. The van der Waals surface area contributed by atoms with Crippen LogP contribution in [0.15, 0.2) is 28.7 Å². The molecule has 0 bridgehead atoms. The van der Waals surface area contributed by atoms with E-state index in [0.717, 1.165) is 4.47 Å². The number of rotatable bonds is 5. The van der Waals surface area contributed by atoms with Crippen LogP contribution in [0.2, 0.25) is 0 Å². The Hall–Kier alpha value is -1.29. The Kier molecular flexibility index (Phi) is 4.55. The van der Waals surface area contributed by atoms with E-state index in [1.807, 2.05) is 0 Å². The molecule has 0 radical (unpaired) electrons. The van der Waals surface area contributed by atoms with Crippen molar-refractivity contribution in [3.05, 3.63) is 34.3 Å². The monoisotopic (exact) mass is 282 g/mol. The number of benzene rings is 1. The van der Waals surface area contributed by atoms with E-state index in [0.29, 0.717) is 5.56 Å². The van der Waals surface area contributed by atoms with Crippen LogP contribution in [-0.4, -0.2) is 17.3 Å². The van der Waals surface area contributed by atoms with Gasteiger partial charge < -0.3 is 0 Å². The van der Waals surface area contributed by atoms with Crippen molar-refractivity contribution in [3.8, 4) is 0 Å². The summed E-state index contributed by atoms with van der Waals surface area (Å²) in [6.07, 6.45) is -0.194. The zero-order valence-electron chi connectivity index (χ0n) is 8.83. The highest BCUT2D eigenvalue weighted by molar-refractivity contribution is 9.10. The number of halogens is 1. The fraction of sp³-hybridized carbons (Fsp3) is 0.250. The van der Waals surface area contributed by atoms with Gasteiger partial charge >= 0.3 is 0 Å². The van der Waals surface area contributed by atoms with Gasteiger partial charge in [0.15, 0.2) is 11.6 Å². The summed E-state index contributed by atoms with van der Waals surface area (Å²) in [6.45, 7) is 1.60. The minimum Gasteiger partial charge on any atom is -0.294 e. The van der Waals surface area contributed by atoms with E-state index in [9.17, 15) is 14.4 Å². The second kappa shape index (κ2) is 5.70. The highest BCUT2D eigenvalue weighted by atomic mass is 79.9. The summed E-state index contributed by atoms with van der Waals surface area (Å²) in [5.74, 6) is -1.43. The van der Waals surface area contributed by atoms with Crippen molar-refractivity contribution >= 4 is 33.3 Å². The van der Waals surface area contributed by atoms with Crippen LogP contribution in [0.25, 0.3) is 0 Å². The smallest absolute Gasteiger partial charge is 0.206 e. The molecule has 0 fully saturated rings. The molecule has 1 aromatic rings. The molecule has 0 saturated carbocycles. The molecule has 3 nitrogen and oxygen atoms in total. The molecule has 0 aliphatic rings. The molecular weight excluding hydrogens is 272 g/mol. The van der Waals surface area contributed by atoms with Crippen LogP contribution < -0.4 is 0 Å². The minimum absolute atomic E-state index is 0.145. The largest absolute Gasteiger partial charge is 0.294 e. The zero-order chi connectivity index (χ0) is 12.1. The quantitative estimate of drug-likeness (QED) is 0.474. The zero-order valence-corrected chi connectivity index (χ0v) is 10.4. The third-order valence-corrected chi connectivity index (χ3v) is 2.65. The lowest BCUT2D eigenvalue weighted by atomic mass is 10.0. The van der Waals surface area contributed by atoms with Crippen LogP contribution in [0, 0.1) is 0 Å². The molecule has 0 N–H and O–H groups in total. The molecule has 0 aromatic heterocycles. The summed E-state index contributed by atoms with van der Waals surface area (Å²) in [5.41, 5.74) is 0.445. The Morgan fingerprint density at radius 1 is 1.06 bits per heavy atom. The molecule has 0 aliphatic heterocycles. The van der Waals surface area contributed by atoms with E-state index < -0.39 is 11.6 Å². The molecule has 0 aliphatic carbocycles. The summed E-state index contributed by atoms with van der Waals surface area (Å²) in [4.78, 5) is 33.9. The number of carbonyl (C=O) groups is 3. The SMILES string of the molecule is CCC(=O)C(=O)CC(=O)c1ccc(Br)cc1. The van der Waals surface area contributed by atoms with Gasteiger partial charge in [-0.3, -0.25) is 14.4 Å². The lowest BCUT2D eigenvalue weighted by molar-refractivity contribution is -0.135. The Bertz CT molecular complexity index is 420. The number of ketones is 3. The average Bonchev–Trinajstić information content (AvgIpc) is 2.28. The van der Waals surface area contributed by atoms with Gasteiger partial charge in [-0.1, -0.05) is 35.0 Å². The predicted molar refractivity (Wildman–Crippen MR) is 63.4 cm³/mol. The van der Waals surface area contributed by atoms with Crippen LogP contribution in [-0.2, 0) is 9.59 Å². The second-order valence-corrected chi connectivity index (χ2v) is 4.22. The van der Waals surface area contributed by atoms with E-state index in [4.69, 9.17) is 0 Å². The topological polar surface area (TPSA) is 51.2 Å². The van der Waals surface area contributed by atoms with Gasteiger partial charge in [0, 0.05) is 16.5 Å². The maximum atomic E-state index is 11.6. The Labute approximate surface area is 102 Å². The van der Waals surface area contributed by atoms with E-state index in [-0.39, 0.29) is 18.6 Å². The van der Waals surface area contributed by atoms with Crippen molar-refractivity contribution in [2.24, 2.45) is 0 Å². The van der Waals surface area contributed by atoms with Crippen LogP contribution in [0.3, 0.4) is 0 Å². The van der Waals surface area contributed by atoms with Gasteiger partial charge in [-0.2, -0.15) is 0 Å². The van der Waals surface area contributed by atoms with Gasteiger partial charge in [-0.05, 0) is 12.1 Å². The molecule has 0 unspecified atom stereocenters. The van der Waals surface area contributed by atoms with Crippen molar-refractivity contribution in [2.75, 3.05) is 0 Å². The first-order valence-corrected chi connectivity index (χ1v) is 5.68. The molecule has 0 spiro atoms. The molecule has 4 heteroatoms. The maximum Gasteiger partial charge on any atom is 0.206 e. The summed E-state index contributed by atoms with van der Waals surface area (Å²) >= 11 is 3.25. The minimum atomic E-state index is -0.615. The highest BCUT2D eigenvalue weighted by Crippen LogP contribution is 2.12. The Morgan fingerprint density at radius 3 is 2.12 bits per heavy atom. The van der Waals surface area contributed by atoms with Crippen molar-refractivity contribution in [3.63, 3.8) is 0 Å². The molecule has 84 valence electrons. The molecule has 0 atom stereocenters. The van der Waals surface area contributed by atoms with Crippen molar-refractivity contribution in [1.29, 1.82) is 0 Å². The van der Waals surface area contributed by atoms with Crippen LogP contribution >= 0.6 is 15.9 Å². The Balaban J connectivity index is 2.69. The van der Waals surface area contributed by atoms with Gasteiger partial charge in [-0.25, -0.2) is 0 Å². The van der Waals surface area contributed by atoms with Crippen LogP contribution in [0.1, 0.15) is 30.1 Å². The fourth-order valence-electron chi connectivity index (χ4n) is 1.18. The van der Waals surface area contributed by atoms with Crippen LogP contribution in [0.4, 0.5) is 0 Å². The summed E-state index contributed by atoms with van der Waals surface area (Å²) in [6, 6.07) is 6.69. The molecule has 0 amide bonds. The first kappa shape index (κ1) is 12.8. The number of hydrogen-bond donors (Lipinski definition) is 0. The fourth-order valence-corrected chi connectivity index (χ4v) is 1.44. The van der Waals surface area contributed by atoms with Crippen molar-refractivity contribution in [2.45, 2.75) is 19.8 Å². The summed E-state index contributed by atoms with van der Waals surface area (Å²) < 4.78 is 0.861. The molecule has 0 heterocycles. The van der Waals surface area contributed by atoms with Gasteiger partial charge in [-0.15, -0.1) is 0 Å². The number of Topliss-reactive ketones (excluding diaryl/α,β-unsaturated/α-hetero) is 3. The van der Waals surface area contributed by atoms with Gasteiger partial charge in [0.25, 0.3) is 0 Å². The first-order chi connectivity index (χ1) is 7.54. The van der Waals surface area contributed by atoms with Gasteiger partial charge in [0.2, 0.25) is 5.78 Å².